The highest BCUT2D eigenvalue weighted by atomic mass is 16.7. The molecule has 15 heteroatoms. The van der Waals surface area contributed by atoms with Crippen molar-refractivity contribution in [3.8, 4) is 34.3 Å². The zero-order valence-corrected chi connectivity index (χ0v) is 24.8. The molecule has 2 aliphatic heterocycles. The molecule has 2 aromatic carbocycles. The minimum atomic E-state index is -1.74. The van der Waals surface area contributed by atoms with E-state index in [9.17, 15) is 35.4 Å². The summed E-state index contributed by atoms with van der Waals surface area (Å²) in [7, 11) is 4.32. The average molecular weight is 637 g/mol. The van der Waals surface area contributed by atoms with Crippen LogP contribution in [0.2, 0.25) is 0 Å². The normalized spacial score (nSPS) is 31.9. The highest BCUT2D eigenvalue weighted by Crippen LogP contribution is 2.36. The summed E-state index contributed by atoms with van der Waals surface area (Å²) in [5.74, 6) is 1.23. The molecule has 0 aliphatic carbocycles. The van der Waals surface area contributed by atoms with E-state index in [2.05, 4.69) is 0 Å². The van der Waals surface area contributed by atoms with Gasteiger partial charge < -0.3 is 68.2 Å². The number of ether oxygens (including phenoxy) is 7. The molecule has 3 aromatic rings. The molecule has 0 saturated carbocycles. The minimum Gasteiger partial charge on any atom is -0.496 e. The number of fused-ring (bicyclic) bond motifs is 1. The maximum atomic E-state index is 13.2. The fourth-order valence-electron chi connectivity index (χ4n) is 5.22. The Hall–Kier alpha value is -3.51. The van der Waals surface area contributed by atoms with Crippen LogP contribution in [0.25, 0.3) is 22.3 Å². The van der Waals surface area contributed by atoms with Gasteiger partial charge in [0.25, 0.3) is 0 Å². The summed E-state index contributed by atoms with van der Waals surface area (Å²) < 4.78 is 44.6. The third-order valence-electron chi connectivity index (χ3n) is 7.81. The van der Waals surface area contributed by atoms with Gasteiger partial charge in [0, 0.05) is 23.8 Å². The Bertz CT molecular complexity index is 1540. The van der Waals surface area contributed by atoms with Gasteiger partial charge in [-0.15, -0.1) is 0 Å². The summed E-state index contributed by atoms with van der Waals surface area (Å²) >= 11 is 0. The smallest absolute Gasteiger partial charge is 0.229 e. The van der Waals surface area contributed by atoms with E-state index in [4.69, 9.17) is 37.6 Å². The molecule has 0 amide bonds. The van der Waals surface area contributed by atoms with E-state index >= 15 is 0 Å². The summed E-state index contributed by atoms with van der Waals surface area (Å²) in [5, 5.41) is 62.0. The van der Waals surface area contributed by atoms with E-state index in [1.165, 1.54) is 46.5 Å². The van der Waals surface area contributed by atoms with Gasteiger partial charge in [-0.2, -0.15) is 0 Å². The molecule has 10 atom stereocenters. The first-order valence-electron chi connectivity index (χ1n) is 14.0. The summed E-state index contributed by atoms with van der Waals surface area (Å²) in [6.07, 6.45) is -14.7. The molecular weight excluding hydrogens is 600 g/mol. The van der Waals surface area contributed by atoms with E-state index in [1.807, 2.05) is 0 Å². The SMILES string of the molecule is COc1ccc(-c2cc(=O)c3c(OC)cc(O[C@@H]4O[C@H](CO[C@@H]5O[C@@H](C)[C@H](O)[C@@H](O)[C@H]5O)[C@@H](O)[C@H](O)[C@H]4O)cc3o2)cc1OC. The number of benzene rings is 2. The van der Waals surface area contributed by atoms with Gasteiger partial charge in [0.2, 0.25) is 6.29 Å². The number of aliphatic hydroxyl groups is 6. The van der Waals surface area contributed by atoms with Crippen LogP contribution in [0, 0.1) is 0 Å². The number of hydrogen-bond donors (Lipinski definition) is 6. The molecule has 0 radical (unpaired) electrons. The van der Waals surface area contributed by atoms with Gasteiger partial charge in [0.05, 0.1) is 34.0 Å². The van der Waals surface area contributed by atoms with E-state index in [0.29, 0.717) is 17.1 Å². The molecule has 5 rings (SSSR count). The number of aliphatic hydroxyl groups excluding tert-OH is 6. The Morgan fingerprint density at radius 2 is 1.38 bits per heavy atom. The Balaban J connectivity index is 1.39. The Labute approximate surface area is 256 Å². The summed E-state index contributed by atoms with van der Waals surface area (Å²) in [4.78, 5) is 13.2. The lowest BCUT2D eigenvalue weighted by molar-refractivity contribution is -0.318. The van der Waals surface area contributed by atoms with Gasteiger partial charge in [-0.05, 0) is 25.1 Å². The quantitative estimate of drug-likeness (QED) is 0.175. The van der Waals surface area contributed by atoms with Crippen LogP contribution in [0.15, 0.2) is 45.6 Å². The van der Waals surface area contributed by atoms with Crippen LogP contribution in [-0.4, -0.2) is 120 Å². The van der Waals surface area contributed by atoms with Crippen molar-refractivity contribution in [1.82, 2.24) is 0 Å². The average Bonchev–Trinajstić information content (AvgIpc) is 3.04. The van der Waals surface area contributed by atoms with Crippen LogP contribution in [0.1, 0.15) is 6.92 Å². The molecule has 1 aromatic heterocycles. The van der Waals surface area contributed by atoms with Crippen LogP contribution in [0.5, 0.6) is 23.0 Å². The lowest BCUT2D eigenvalue weighted by Gasteiger charge is -2.42. The van der Waals surface area contributed by atoms with E-state index in [-0.39, 0.29) is 28.2 Å². The fraction of sp³-hybridized carbons (Fsp3) is 0.500. The van der Waals surface area contributed by atoms with Crippen molar-refractivity contribution < 1.29 is 68.2 Å². The molecule has 15 nitrogen and oxygen atoms in total. The Morgan fingerprint density at radius 3 is 2.07 bits per heavy atom. The molecule has 0 bridgehead atoms. The summed E-state index contributed by atoms with van der Waals surface area (Å²) in [6.45, 7) is 1.01. The topological polar surface area (TPSA) is 216 Å². The van der Waals surface area contributed by atoms with Gasteiger partial charge in [-0.1, -0.05) is 0 Å². The number of rotatable bonds is 9. The van der Waals surface area contributed by atoms with Crippen molar-refractivity contribution in [2.75, 3.05) is 27.9 Å². The van der Waals surface area contributed by atoms with Crippen LogP contribution < -0.4 is 24.4 Å². The van der Waals surface area contributed by atoms with Crippen molar-refractivity contribution in [1.29, 1.82) is 0 Å². The first kappa shape index (κ1) is 32.9. The largest absolute Gasteiger partial charge is 0.496 e. The lowest BCUT2D eigenvalue weighted by Crippen LogP contribution is -2.61. The Kier molecular flexibility index (Phi) is 9.83. The number of methoxy groups -OCH3 is 3. The predicted molar refractivity (Wildman–Crippen MR) is 153 cm³/mol. The first-order valence-corrected chi connectivity index (χ1v) is 14.0. The third-order valence-corrected chi connectivity index (χ3v) is 7.81. The lowest BCUT2D eigenvalue weighted by atomic mass is 9.98. The van der Waals surface area contributed by atoms with Crippen molar-refractivity contribution >= 4 is 11.0 Å². The molecular formula is C30H36O15. The van der Waals surface area contributed by atoms with Crippen molar-refractivity contribution in [2.45, 2.75) is 68.3 Å². The van der Waals surface area contributed by atoms with Gasteiger partial charge in [0.1, 0.15) is 71.0 Å². The van der Waals surface area contributed by atoms with Gasteiger partial charge in [-0.3, -0.25) is 4.79 Å². The maximum absolute atomic E-state index is 13.2. The van der Waals surface area contributed by atoms with E-state index < -0.39 is 73.4 Å². The zero-order chi connectivity index (χ0) is 32.6. The minimum absolute atomic E-state index is 0.0243. The maximum Gasteiger partial charge on any atom is 0.229 e. The van der Waals surface area contributed by atoms with Crippen LogP contribution in [0.3, 0.4) is 0 Å². The van der Waals surface area contributed by atoms with Gasteiger partial charge in [-0.25, -0.2) is 0 Å². The number of hydrogen-bond acceptors (Lipinski definition) is 15. The van der Waals surface area contributed by atoms with Crippen molar-refractivity contribution in [3.63, 3.8) is 0 Å². The highest BCUT2D eigenvalue weighted by molar-refractivity contribution is 5.86. The van der Waals surface area contributed by atoms with Crippen LogP contribution >= 0.6 is 0 Å². The second-order valence-electron chi connectivity index (χ2n) is 10.7. The summed E-state index contributed by atoms with van der Waals surface area (Å²) in [5.41, 5.74) is 0.185. The van der Waals surface area contributed by atoms with Gasteiger partial charge >= 0.3 is 0 Å². The third kappa shape index (κ3) is 6.44. The molecule has 0 spiro atoms. The molecule has 45 heavy (non-hydrogen) atoms. The predicted octanol–water partition coefficient (Wildman–Crippen LogP) is -0.484. The standard InChI is InChI=1S/C30H36O15/c1-12-23(32)25(34)27(36)29(42-12)41-11-21-24(33)26(35)28(37)30(45-21)43-14-8-19(40-4)22-15(31)10-17(44-20(22)9-14)13-5-6-16(38-2)18(7-13)39-3/h5-10,12,21,23-30,32-37H,11H2,1-4H3/t12-,21+,23-,24+,25+,26-,27+,28+,29+,30+/m0/s1. The monoisotopic (exact) mass is 636 g/mol. The molecule has 246 valence electrons. The molecule has 2 fully saturated rings. The molecule has 0 unspecified atom stereocenters. The second-order valence-corrected chi connectivity index (χ2v) is 10.7. The van der Waals surface area contributed by atoms with E-state index in [1.54, 1.807) is 18.2 Å². The molecule has 2 aliphatic rings. The summed E-state index contributed by atoms with van der Waals surface area (Å²) in [6, 6.07) is 9.04. The fourth-order valence-corrected chi connectivity index (χ4v) is 5.22. The Morgan fingerprint density at radius 1 is 0.711 bits per heavy atom. The van der Waals surface area contributed by atoms with Crippen LogP contribution in [0.4, 0.5) is 0 Å². The van der Waals surface area contributed by atoms with Crippen molar-refractivity contribution in [2.24, 2.45) is 0 Å². The zero-order valence-electron chi connectivity index (χ0n) is 24.8. The first-order chi connectivity index (χ1) is 21.5. The molecule has 6 N–H and O–H groups in total. The van der Waals surface area contributed by atoms with Crippen LogP contribution in [-0.2, 0) is 14.2 Å². The van der Waals surface area contributed by atoms with E-state index in [0.717, 1.165) is 0 Å². The second kappa shape index (κ2) is 13.5. The highest BCUT2D eigenvalue weighted by Gasteiger charge is 2.47. The molecule has 2 saturated heterocycles. The molecule has 3 heterocycles. The van der Waals surface area contributed by atoms with Crippen molar-refractivity contribution in [3.05, 3.63) is 46.6 Å². The van der Waals surface area contributed by atoms with Gasteiger partial charge in [0.15, 0.2) is 23.2 Å².